The predicted octanol–water partition coefficient (Wildman–Crippen LogP) is 1.01. The molecule has 0 spiro atoms. The minimum atomic E-state index is -1.87. The molecule has 0 aliphatic carbocycles. The maximum Gasteiger partial charge on any atom is 0.364 e. The van der Waals surface area contributed by atoms with Gasteiger partial charge in [-0.3, -0.25) is 14.9 Å². The zero-order chi connectivity index (χ0) is 12.6. The Balaban J connectivity index is 2.68. The molecule has 6 nitrogen and oxygen atoms in total. The fraction of sp³-hybridized carbons (Fsp3) is 0.273. The Labute approximate surface area is 97.7 Å². The number of carbonyl (C=O) groups excluding carboxylic acids is 1. The molecular formula is C11H11N3O3. The van der Waals surface area contributed by atoms with Gasteiger partial charge in [-0.2, -0.15) is 5.10 Å². The van der Waals surface area contributed by atoms with Crippen molar-refractivity contribution in [1.82, 2.24) is 5.01 Å². The first-order valence-corrected chi connectivity index (χ1v) is 5.05. The lowest BCUT2D eigenvalue weighted by Crippen LogP contribution is -2.48. The van der Waals surface area contributed by atoms with E-state index in [2.05, 4.69) is 5.10 Å². The lowest BCUT2D eigenvalue weighted by Gasteiger charge is -2.18. The number of nitro groups is 1. The van der Waals surface area contributed by atoms with Gasteiger partial charge in [0.25, 0.3) is 0 Å². The van der Waals surface area contributed by atoms with Gasteiger partial charge in [0.15, 0.2) is 0 Å². The van der Waals surface area contributed by atoms with Gasteiger partial charge >= 0.3 is 11.4 Å². The van der Waals surface area contributed by atoms with Crippen LogP contribution >= 0.6 is 0 Å². The monoisotopic (exact) mass is 233 g/mol. The van der Waals surface area contributed by atoms with Crippen LogP contribution in [0.3, 0.4) is 0 Å². The molecule has 1 heterocycles. The third-order valence-electron chi connectivity index (χ3n) is 2.89. The molecule has 1 unspecified atom stereocenters. The molecule has 0 N–H and O–H groups in total. The summed E-state index contributed by atoms with van der Waals surface area (Å²) in [6.45, 7) is 1.50. The first-order chi connectivity index (χ1) is 8.01. The Kier molecular flexibility index (Phi) is 2.42. The third-order valence-corrected chi connectivity index (χ3v) is 2.89. The maximum absolute atomic E-state index is 12.0. The van der Waals surface area contributed by atoms with E-state index in [4.69, 9.17) is 0 Å². The van der Waals surface area contributed by atoms with Crippen molar-refractivity contribution in [3.63, 3.8) is 0 Å². The number of carbonyl (C=O) groups is 1. The van der Waals surface area contributed by atoms with E-state index in [1.54, 1.807) is 30.3 Å². The summed E-state index contributed by atoms with van der Waals surface area (Å²) in [5, 5.41) is 16.3. The lowest BCUT2D eigenvalue weighted by atomic mass is 9.86. The van der Waals surface area contributed by atoms with Crippen molar-refractivity contribution in [2.24, 2.45) is 5.10 Å². The molecule has 6 heteroatoms. The summed E-state index contributed by atoms with van der Waals surface area (Å²) in [6.07, 6.45) is 0. The van der Waals surface area contributed by atoms with Gasteiger partial charge in [0, 0.05) is 17.5 Å². The normalized spacial score (nSPS) is 23.8. The smallest absolute Gasteiger partial charge is 0.264 e. The van der Waals surface area contributed by atoms with Crippen molar-refractivity contribution in [2.45, 2.75) is 12.5 Å². The summed E-state index contributed by atoms with van der Waals surface area (Å²) in [7, 11) is 1.42. The average Bonchev–Trinajstić information content (AvgIpc) is 2.52. The van der Waals surface area contributed by atoms with Crippen molar-refractivity contribution in [3.05, 3.63) is 46.0 Å². The minimum Gasteiger partial charge on any atom is -0.264 e. The summed E-state index contributed by atoms with van der Waals surface area (Å²) in [5.41, 5.74) is -1.35. The molecule has 0 saturated heterocycles. The summed E-state index contributed by atoms with van der Waals surface area (Å²) < 4.78 is 0. The number of hydrazone groups is 1. The van der Waals surface area contributed by atoms with Crippen LogP contribution in [0.5, 0.6) is 0 Å². The Morgan fingerprint density at radius 1 is 1.35 bits per heavy atom. The van der Waals surface area contributed by atoms with Crippen molar-refractivity contribution in [3.8, 4) is 0 Å². The Bertz CT molecular complexity index is 512. The number of hydrogen-bond acceptors (Lipinski definition) is 4. The van der Waals surface area contributed by atoms with Gasteiger partial charge in [0.05, 0.1) is 0 Å². The van der Waals surface area contributed by atoms with Crippen LogP contribution in [0.15, 0.2) is 35.4 Å². The van der Waals surface area contributed by atoms with Crippen molar-refractivity contribution in [2.75, 3.05) is 7.05 Å². The molecular weight excluding hydrogens is 222 g/mol. The van der Waals surface area contributed by atoms with Gasteiger partial charge in [0.1, 0.15) is 5.71 Å². The maximum atomic E-state index is 12.0. The summed E-state index contributed by atoms with van der Waals surface area (Å²) in [6, 6.07) is 8.21. The number of amides is 1. The number of likely N-dealkylation sites (N-methyl/N-ethyl adjacent to an activating group) is 1. The molecule has 0 radical (unpaired) electrons. The first-order valence-electron chi connectivity index (χ1n) is 5.05. The van der Waals surface area contributed by atoms with E-state index in [1.165, 1.54) is 14.0 Å². The van der Waals surface area contributed by atoms with Crippen LogP contribution in [-0.2, 0) is 10.3 Å². The van der Waals surface area contributed by atoms with Crippen LogP contribution in [0.4, 0.5) is 0 Å². The Hall–Kier alpha value is -2.24. The molecule has 0 fully saturated rings. The molecule has 1 amide bonds. The molecule has 2 rings (SSSR count). The highest BCUT2D eigenvalue weighted by Gasteiger charge is 2.61. The number of rotatable bonds is 2. The van der Waals surface area contributed by atoms with Crippen LogP contribution in [-0.4, -0.2) is 28.6 Å². The predicted molar refractivity (Wildman–Crippen MR) is 61.0 cm³/mol. The van der Waals surface area contributed by atoms with Crippen LogP contribution in [0.1, 0.15) is 12.5 Å². The van der Waals surface area contributed by atoms with E-state index >= 15 is 0 Å². The number of hydrogen-bond donors (Lipinski definition) is 0. The topological polar surface area (TPSA) is 75.8 Å². The largest absolute Gasteiger partial charge is 0.364 e. The second-order valence-corrected chi connectivity index (χ2v) is 3.85. The highest BCUT2D eigenvalue weighted by Crippen LogP contribution is 2.33. The van der Waals surface area contributed by atoms with E-state index < -0.39 is 16.4 Å². The molecule has 1 aromatic rings. The Morgan fingerprint density at radius 3 is 2.35 bits per heavy atom. The molecule has 88 valence electrons. The average molecular weight is 233 g/mol. The molecule has 1 atom stereocenters. The van der Waals surface area contributed by atoms with Gasteiger partial charge in [-0.25, -0.2) is 5.01 Å². The summed E-state index contributed by atoms with van der Waals surface area (Å²) in [5.74, 6) is -0.633. The van der Waals surface area contributed by atoms with Crippen molar-refractivity contribution < 1.29 is 9.72 Å². The van der Waals surface area contributed by atoms with Crippen LogP contribution in [0.2, 0.25) is 0 Å². The third kappa shape index (κ3) is 1.33. The highest BCUT2D eigenvalue weighted by molar-refractivity contribution is 6.14. The molecule has 1 aromatic carbocycles. The number of nitrogens with zero attached hydrogens (tertiary/aromatic N) is 3. The quantitative estimate of drug-likeness (QED) is 0.565. The number of benzene rings is 1. The fourth-order valence-electron chi connectivity index (χ4n) is 2.06. The van der Waals surface area contributed by atoms with Gasteiger partial charge in [0.2, 0.25) is 0 Å². The zero-order valence-corrected chi connectivity index (χ0v) is 9.45. The minimum absolute atomic E-state index is 0.182. The van der Waals surface area contributed by atoms with Crippen LogP contribution in [0.25, 0.3) is 0 Å². The Morgan fingerprint density at radius 2 is 1.94 bits per heavy atom. The zero-order valence-electron chi connectivity index (χ0n) is 9.45. The van der Waals surface area contributed by atoms with E-state index in [0.29, 0.717) is 5.56 Å². The van der Waals surface area contributed by atoms with Gasteiger partial charge < -0.3 is 0 Å². The van der Waals surface area contributed by atoms with Crippen molar-refractivity contribution in [1.29, 1.82) is 0 Å². The lowest BCUT2D eigenvalue weighted by molar-refractivity contribution is -0.538. The molecule has 17 heavy (non-hydrogen) atoms. The fourth-order valence-corrected chi connectivity index (χ4v) is 2.06. The van der Waals surface area contributed by atoms with E-state index in [9.17, 15) is 14.9 Å². The van der Waals surface area contributed by atoms with E-state index in [1.807, 2.05) is 0 Å². The summed E-state index contributed by atoms with van der Waals surface area (Å²) in [4.78, 5) is 22.8. The van der Waals surface area contributed by atoms with Crippen LogP contribution < -0.4 is 0 Å². The molecule has 1 aliphatic rings. The van der Waals surface area contributed by atoms with E-state index in [-0.39, 0.29) is 5.71 Å². The van der Waals surface area contributed by atoms with Gasteiger partial charge in [-0.05, 0) is 6.92 Å². The SMILES string of the molecule is CC1=NN(C)C(=O)C1(c1ccccc1)[N+](=O)[O-]. The first kappa shape index (κ1) is 11.3. The molecule has 0 aromatic heterocycles. The van der Waals surface area contributed by atoms with Crippen LogP contribution in [0, 0.1) is 10.1 Å². The molecule has 0 saturated carbocycles. The highest BCUT2D eigenvalue weighted by atomic mass is 16.6. The second kappa shape index (κ2) is 3.65. The van der Waals surface area contributed by atoms with Gasteiger partial charge in [-0.15, -0.1) is 0 Å². The molecule has 1 aliphatic heterocycles. The van der Waals surface area contributed by atoms with E-state index in [0.717, 1.165) is 5.01 Å². The van der Waals surface area contributed by atoms with Crippen molar-refractivity contribution >= 4 is 11.6 Å². The standard InChI is InChI=1S/C11H11N3O3/c1-8-11(14(16)17,10(15)13(2)12-8)9-6-4-3-5-7-9/h3-7H,1-2H3. The van der Waals surface area contributed by atoms with Gasteiger partial charge in [-0.1, -0.05) is 30.3 Å². The summed E-state index contributed by atoms with van der Waals surface area (Å²) >= 11 is 0. The second-order valence-electron chi connectivity index (χ2n) is 3.85. The molecule has 0 bridgehead atoms.